The van der Waals surface area contributed by atoms with Gasteiger partial charge in [-0.15, -0.1) is 0 Å². The van der Waals surface area contributed by atoms with Crippen molar-refractivity contribution in [3.05, 3.63) is 29.8 Å². The summed E-state index contributed by atoms with van der Waals surface area (Å²) in [6, 6.07) is 7.89. The maximum Gasteiger partial charge on any atom is 0.144 e. The molecule has 4 heteroatoms. The second-order valence-electron chi connectivity index (χ2n) is 6.45. The van der Waals surface area contributed by atoms with Gasteiger partial charge in [0.1, 0.15) is 11.5 Å². The molecule has 0 amide bonds. The van der Waals surface area contributed by atoms with E-state index < -0.39 is 0 Å². The van der Waals surface area contributed by atoms with Gasteiger partial charge in [-0.25, -0.2) is 0 Å². The lowest BCUT2D eigenvalue weighted by Crippen LogP contribution is -2.45. The summed E-state index contributed by atoms with van der Waals surface area (Å²) in [7, 11) is 1.64. The number of ketones is 1. The second kappa shape index (κ2) is 4.62. The van der Waals surface area contributed by atoms with Crippen LogP contribution in [0.15, 0.2) is 29.4 Å². The number of nitrogens with zero attached hydrogens (tertiary/aromatic N) is 1. The number of ether oxygens (including phenoxy) is 1. The molecule has 1 fully saturated rings. The standard InChI is InChI=1S/C16H20N2O2/c1-16(2)8-12-14(13(19)9-16)15(18-17-12)10-5-4-6-11(7-10)20-3/h4-7,12,14,17H,8-9H2,1-3H3/t12-,14+/m1/s1. The maximum absolute atomic E-state index is 12.5. The van der Waals surface area contributed by atoms with Gasteiger partial charge in [0.15, 0.2) is 0 Å². The minimum Gasteiger partial charge on any atom is -0.497 e. The average molecular weight is 272 g/mol. The van der Waals surface area contributed by atoms with E-state index in [0.717, 1.165) is 23.4 Å². The molecule has 4 nitrogen and oxygen atoms in total. The summed E-state index contributed by atoms with van der Waals surface area (Å²) < 4.78 is 5.25. The van der Waals surface area contributed by atoms with Crippen LogP contribution >= 0.6 is 0 Å². The van der Waals surface area contributed by atoms with Crippen LogP contribution in [-0.2, 0) is 4.79 Å². The Bertz CT molecular complexity index is 578. The average Bonchev–Trinajstić information content (AvgIpc) is 2.81. The number of nitrogens with one attached hydrogen (secondary N) is 1. The normalized spacial score (nSPS) is 27.6. The van der Waals surface area contributed by atoms with E-state index in [0.29, 0.717) is 6.42 Å². The summed E-state index contributed by atoms with van der Waals surface area (Å²) in [5.74, 6) is 0.963. The first kappa shape index (κ1) is 13.2. The number of hydrogen-bond acceptors (Lipinski definition) is 4. The molecule has 1 aromatic carbocycles. The molecule has 1 aromatic rings. The quantitative estimate of drug-likeness (QED) is 0.899. The van der Waals surface area contributed by atoms with E-state index in [1.807, 2.05) is 24.3 Å². The first-order chi connectivity index (χ1) is 9.50. The number of Topliss-reactive ketones (excluding diaryl/α,β-unsaturated/α-hetero) is 1. The van der Waals surface area contributed by atoms with Crippen LogP contribution in [0.5, 0.6) is 5.75 Å². The Kier molecular flexibility index (Phi) is 3.04. The van der Waals surface area contributed by atoms with Crippen LogP contribution in [0.2, 0.25) is 0 Å². The smallest absolute Gasteiger partial charge is 0.144 e. The van der Waals surface area contributed by atoms with Gasteiger partial charge in [0, 0.05) is 12.0 Å². The maximum atomic E-state index is 12.5. The van der Waals surface area contributed by atoms with E-state index >= 15 is 0 Å². The summed E-state index contributed by atoms with van der Waals surface area (Å²) in [6.45, 7) is 4.29. The third-order valence-corrected chi connectivity index (χ3v) is 4.19. The molecule has 1 N–H and O–H groups in total. The van der Waals surface area contributed by atoms with E-state index in [-0.39, 0.29) is 23.2 Å². The van der Waals surface area contributed by atoms with Crippen LogP contribution in [-0.4, -0.2) is 24.6 Å². The van der Waals surface area contributed by atoms with Crippen molar-refractivity contribution >= 4 is 11.5 Å². The Morgan fingerprint density at radius 1 is 1.40 bits per heavy atom. The van der Waals surface area contributed by atoms with Crippen molar-refractivity contribution in [2.24, 2.45) is 16.4 Å². The Morgan fingerprint density at radius 2 is 2.20 bits per heavy atom. The second-order valence-corrected chi connectivity index (χ2v) is 6.45. The van der Waals surface area contributed by atoms with Crippen LogP contribution in [0.1, 0.15) is 32.3 Å². The molecule has 106 valence electrons. The molecule has 0 radical (unpaired) electrons. The summed E-state index contributed by atoms with van der Waals surface area (Å²) in [4.78, 5) is 12.5. The predicted octanol–water partition coefficient (Wildman–Crippen LogP) is 2.38. The Labute approximate surface area is 119 Å². The number of rotatable bonds is 2. The molecule has 3 rings (SSSR count). The van der Waals surface area contributed by atoms with Crippen LogP contribution in [0, 0.1) is 11.3 Å². The van der Waals surface area contributed by atoms with Crippen molar-refractivity contribution in [1.82, 2.24) is 5.43 Å². The van der Waals surface area contributed by atoms with E-state index in [2.05, 4.69) is 24.4 Å². The molecular weight excluding hydrogens is 252 g/mol. The van der Waals surface area contributed by atoms with Crippen molar-refractivity contribution in [1.29, 1.82) is 0 Å². The van der Waals surface area contributed by atoms with Crippen molar-refractivity contribution in [3.8, 4) is 5.75 Å². The number of benzene rings is 1. The van der Waals surface area contributed by atoms with Gasteiger partial charge in [-0.05, 0) is 24.0 Å². The van der Waals surface area contributed by atoms with Gasteiger partial charge in [-0.2, -0.15) is 5.10 Å². The molecule has 2 atom stereocenters. The van der Waals surface area contributed by atoms with Crippen LogP contribution in [0.25, 0.3) is 0 Å². The lowest BCUT2D eigenvalue weighted by molar-refractivity contribution is -0.126. The zero-order valence-electron chi connectivity index (χ0n) is 12.1. The number of carbonyl (C=O) groups excluding carboxylic acids is 1. The van der Waals surface area contributed by atoms with Gasteiger partial charge in [0.05, 0.1) is 24.8 Å². The first-order valence-electron chi connectivity index (χ1n) is 7.00. The Balaban J connectivity index is 1.91. The fraction of sp³-hybridized carbons (Fsp3) is 0.500. The Morgan fingerprint density at radius 3 is 2.95 bits per heavy atom. The van der Waals surface area contributed by atoms with Gasteiger partial charge in [0.25, 0.3) is 0 Å². The number of carbonyl (C=O) groups is 1. The summed E-state index contributed by atoms with van der Waals surface area (Å²) >= 11 is 0. The lowest BCUT2D eigenvalue weighted by atomic mass is 9.68. The fourth-order valence-electron chi connectivity index (χ4n) is 3.30. The SMILES string of the molecule is COc1cccc(C2=NN[C@@H]3CC(C)(C)CC(=O)[C@@H]23)c1. The van der Waals surface area contributed by atoms with E-state index in [1.165, 1.54) is 0 Å². The molecule has 1 heterocycles. The Hall–Kier alpha value is -1.84. The van der Waals surface area contributed by atoms with Gasteiger partial charge in [-0.3, -0.25) is 4.79 Å². The van der Waals surface area contributed by atoms with E-state index in [1.54, 1.807) is 7.11 Å². The molecular formula is C16H20N2O2. The van der Waals surface area contributed by atoms with Gasteiger partial charge < -0.3 is 10.2 Å². The minimum atomic E-state index is -0.116. The monoisotopic (exact) mass is 272 g/mol. The highest BCUT2D eigenvalue weighted by molar-refractivity contribution is 6.15. The van der Waals surface area contributed by atoms with Gasteiger partial charge >= 0.3 is 0 Å². The summed E-state index contributed by atoms with van der Waals surface area (Å²) in [5.41, 5.74) is 5.04. The molecule has 0 unspecified atom stereocenters. The van der Waals surface area contributed by atoms with E-state index in [4.69, 9.17) is 4.74 Å². The largest absolute Gasteiger partial charge is 0.497 e. The van der Waals surface area contributed by atoms with Crippen LogP contribution in [0.3, 0.4) is 0 Å². The third-order valence-electron chi connectivity index (χ3n) is 4.19. The zero-order valence-corrected chi connectivity index (χ0v) is 12.1. The molecule has 0 bridgehead atoms. The summed E-state index contributed by atoms with van der Waals surface area (Å²) in [6.07, 6.45) is 1.60. The molecule has 2 aliphatic rings. The molecule has 0 spiro atoms. The summed E-state index contributed by atoms with van der Waals surface area (Å²) in [5, 5.41) is 4.43. The molecule has 0 aromatic heterocycles. The topological polar surface area (TPSA) is 50.7 Å². The lowest BCUT2D eigenvalue weighted by Gasteiger charge is -2.36. The number of methoxy groups -OCH3 is 1. The van der Waals surface area contributed by atoms with Crippen LogP contribution < -0.4 is 10.2 Å². The molecule has 20 heavy (non-hydrogen) atoms. The number of hydrazone groups is 1. The van der Waals surface area contributed by atoms with Crippen LogP contribution in [0.4, 0.5) is 0 Å². The number of fused-ring (bicyclic) bond motifs is 1. The minimum absolute atomic E-state index is 0.0601. The fourth-order valence-corrected chi connectivity index (χ4v) is 3.30. The van der Waals surface area contributed by atoms with Crippen molar-refractivity contribution in [2.45, 2.75) is 32.7 Å². The predicted molar refractivity (Wildman–Crippen MR) is 78.0 cm³/mol. The molecule has 0 saturated heterocycles. The highest BCUT2D eigenvalue weighted by Crippen LogP contribution is 2.39. The van der Waals surface area contributed by atoms with E-state index in [9.17, 15) is 4.79 Å². The highest BCUT2D eigenvalue weighted by atomic mass is 16.5. The van der Waals surface area contributed by atoms with Crippen molar-refractivity contribution < 1.29 is 9.53 Å². The van der Waals surface area contributed by atoms with Gasteiger partial charge in [0.2, 0.25) is 0 Å². The molecule has 1 aliphatic carbocycles. The zero-order chi connectivity index (χ0) is 14.3. The molecule has 1 aliphatic heterocycles. The third kappa shape index (κ3) is 2.19. The first-order valence-corrected chi connectivity index (χ1v) is 7.00. The van der Waals surface area contributed by atoms with Gasteiger partial charge in [-0.1, -0.05) is 26.0 Å². The van der Waals surface area contributed by atoms with Crippen molar-refractivity contribution in [2.75, 3.05) is 7.11 Å². The van der Waals surface area contributed by atoms with Crippen molar-refractivity contribution in [3.63, 3.8) is 0 Å². The number of hydrogen-bond donors (Lipinski definition) is 1. The molecule has 1 saturated carbocycles. The highest BCUT2D eigenvalue weighted by Gasteiger charge is 2.46.